The Morgan fingerprint density at radius 1 is 1.10 bits per heavy atom. The fourth-order valence-corrected chi connectivity index (χ4v) is 4.22. The number of hydrogen-bond donors (Lipinski definition) is 1. The molecule has 0 spiro atoms. The van der Waals surface area contributed by atoms with E-state index in [0.717, 1.165) is 11.5 Å². The molecule has 3 nitrogen and oxygen atoms in total. The summed E-state index contributed by atoms with van der Waals surface area (Å²) in [5.41, 5.74) is 1.21. The second kappa shape index (κ2) is 6.38. The molecule has 0 bridgehead atoms. The molecule has 2 aromatic rings. The summed E-state index contributed by atoms with van der Waals surface area (Å²) in [5.74, 6) is 1.68. The van der Waals surface area contributed by atoms with Crippen LogP contribution in [0.15, 0.2) is 34.1 Å². The Kier molecular flexibility index (Phi) is 4.52. The van der Waals surface area contributed by atoms with Crippen LogP contribution in [0.1, 0.15) is 36.4 Å². The summed E-state index contributed by atoms with van der Waals surface area (Å²) >= 11 is 5.36. The van der Waals surface area contributed by atoms with Gasteiger partial charge in [0.1, 0.15) is 13.2 Å². The van der Waals surface area contributed by atoms with Crippen LogP contribution in [0.4, 0.5) is 0 Å². The van der Waals surface area contributed by atoms with E-state index in [1.165, 1.54) is 14.9 Å². The number of halogens is 1. The van der Waals surface area contributed by atoms with Crippen LogP contribution in [0.5, 0.6) is 11.5 Å². The van der Waals surface area contributed by atoms with Crippen molar-refractivity contribution in [2.24, 2.45) is 0 Å². The third kappa shape index (κ3) is 3.25. The molecule has 21 heavy (non-hydrogen) atoms. The highest BCUT2D eigenvalue weighted by atomic mass is 79.9. The van der Waals surface area contributed by atoms with Crippen LogP contribution in [0.3, 0.4) is 0 Å². The maximum Gasteiger partial charge on any atom is 0.161 e. The van der Waals surface area contributed by atoms with Gasteiger partial charge in [0.05, 0.1) is 0 Å². The minimum absolute atomic E-state index is 0.241. The van der Waals surface area contributed by atoms with Gasteiger partial charge in [-0.1, -0.05) is 6.07 Å². The molecule has 0 saturated heterocycles. The number of nitrogens with one attached hydrogen (secondary N) is 1. The zero-order valence-corrected chi connectivity index (χ0v) is 14.5. The lowest BCUT2D eigenvalue weighted by atomic mass is 10.1. The van der Waals surface area contributed by atoms with Crippen molar-refractivity contribution >= 4 is 27.3 Å². The molecule has 1 aromatic carbocycles. The van der Waals surface area contributed by atoms with E-state index in [1.54, 1.807) is 11.3 Å². The molecule has 1 aliphatic heterocycles. The van der Waals surface area contributed by atoms with Gasteiger partial charge in [-0.15, -0.1) is 11.3 Å². The van der Waals surface area contributed by atoms with Crippen molar-refractivity contribution < 1.29 is 9.47 Å². The molecule has 0 saturated carbocycles. The van der Waals surface area contributed by atoms with Gasteiger partial charge >= 0.3 is 0 Å². The number of thiophene rings is 1. The lowest BCUT2D eigenvalue weighted by Crippen LogP contribution is -2.22. The minimum Gasteiger partial charge on any atom is -0.486 e. The summed E-state index contributed by atoms with van der Waals surface area (Å²) in [6, 6.07) is 8.79. The van der Waals surface area contributed by atoms with E-state index in [-0.39, 0.29) is 6.04 Å². The molecule has 1 aromatic heterocycles. The molecule has 2 atom stereocenters. The fraction of sp³-hybridized carbons (Fsp3) is 0.375. The second-order valence-corrected chi connectivity index (χ2v) is 6.95. The first-order valence-electron chi connectivity index (χ1n) is 7.03. The highest BCUT2D eigenvalue weighted by molar-refractivity contribution is 9.10. The van der Waals surface area contributed by atoms with Crippen LogP contribution >= 0.6 is 27.3 Å². The molecule has 2 unspecified atom stereocenters. The zero-order valence-electron chi connectivity index (χ0n) is 12.1. The van der Waals surface area contributed by atoms with Crippen molar-refractivity contribution in [3.8, 4) is 11.5 Å². The second-order valence-electron chi connectivity index (χ2n) is 5.15. The smallest absolute Gasteiger partial charge is 0.161 e. The fourth-order valence-electron chi connectivity index (χ4n) is 2.49. The van der Waals surface area contributed by atoms with E-state index >= 15 is 0 Å². The van der Waals surface area contributed by atoms with Gasteiger partial charge in [0.15, 0.2) is 11.5 Å². The quantitative estimate of drug-likeness (QED) is 0.849. The van der Waals surface area contributed by atoms with Crippen LogP contribution in [-0.2, 0) is 0 Å². The maximum atomic E-state index is 5.65. The van der Waals surface area contributed by atoms with Gasteiger partial charge < -0.3 is 14.8 Å². The standard InChI is InChI=1S/C16H18BrNO2S/c1-10(18-11(2)16-13(17)5-8-21-16)12-3-4-14-15(9-12)20-7-6-19-14/h3-5,8-11,18H,6-7H2,1-2H3. The first-order valence-corrected chi connectivity index (χ1v) is 8.71. The van der Waals surface area contributed by atoms with Crippen molar-refractivity contribution in [2.75, 3.05) is 13.2 Å². The SMILES string of the molecule is CC(NC(C)c1sccc1Br)c1ccc2c(c1)OCCO2. The molecule has 112 valence electrons. The largest absolute Gasteiger partial charge is 0.486 e. The summed E-state index contributed by atoms with van der Waals surface area (Å²) < 4.78 is 12.4. The predicted molar refractivity (Wildman–Crippen MR) is 89.4 cm³/mol. The Bertz CT molecular complexity index is 628. The Morgan fingerprint density at radius 3 is 2.57 bits per heavy atom. The zero-order chi connectivity index (χ0) is 14.8. The average Bonchev–Trinajstić information content (AvgIpc) is 2.93. The summed E-state index contributed by atoms with van der Waals surface area (Å²) in [7, 11) is 0. The number of fused-ring (bicyclic) bond motifs is 1. The topological polar surface area (TPSA) is 30.5 Å². The van der Waals surface area contributed by atoms with Gasteiger partial charge in [-0.2, -0.15) is 0 Å². The van der Waals surface area contributed by atoms with Gasteiger partial charge in [-0.3, -0.25) is 0 Å². The predicted octanol–water partition coefficient (Wildman–Crippen LogP) is 4.69. The van der Waals surface area contributed by atoms with E-state index in [0.29, 0.717) is 19.3 Å². The van der Waals surface area contributed by atoms with Crippen molar-refractivity contribution in [1.82, 2.24) is 5.32 Å². The summed E-state index contributed by atoms with van der Waals surface area (Å²) in [4.78, 5) is 1.32. The maximum absolute atomic E-state index is 5.65. The minimum atomic E-state index is 0.241. The van der Waals surface area contributed by atoms with Crippen molar-refractivity contribution in [1.29, 1.82) is 0 Å². The third-order valence-corrected chi connectivity index (χ3v) is 5.66. The van der Waals surface area contributed by atoms with Gasteiger partial charge in [0, 0.05) is 21.4 Å². The van der Waals surface area contributed by atoms with E-state index in [9.17, 15) is 0 Å². The van der Waals surface area contributed by atoms with Crippen LogP contribution in [0.2, 0.25) is 0 Å². The first kappa shape index (κ1) is 14.9. The molecular weight excluding hydrogens is 350 g/mol. The highest BCUT2D eigenvalue weighted by Gasteiger charge is 2.17. The summed E-state index contributed by atoms with van der Waals surface area (Å²) in [6.07, 6.45) is 0. The lowest BCUT2D eigenvalue weighted by molar-refractivity contribution is 0.171. The molecule has 1 aliphatic rings. The Labute approximate surface area is 137 Å². The number of hydrogen-bond acceptors (Lipinski definition) is 4. The van der Waals surface area contributed by atoms with Crippen LogP contribution in [0.25, 0.3) is 0 Å². The third-order valence-electron chi connectivity index (χ3n) is 3.60. The van der Waals surface area contributed by atoms with Crippen LogP contribution in [-0.4, -0.2) is 13.2 Å². The van der Waals surface area contributed by atoms with E-state index in [1.807, 2.05) is 6.07 Å². The van der Waals surface area contributed by atoms with Crippen molar-refractivity contribution in [3.05, 3.63) is 44.6 Å². The van der Waals surface area contributed by atoms with Crippen molar-refractivity contribution in [2.45, 2.75) is 25.9 Å². The normalized spacial score (nSPS) is 16.5. The molecule has 0 aliphatic carbocycles. The summed E-state index contributed by atoms with van der Waals surface area (Å²) in [5, 5.41) is 5.73. The van der Waals surface area contributed by atoms with Gasteiger partial charge in [-0.05, 0) is 58.9 Å². The van der Waals surface area contributed by atoms with E-state index in [4.69, 9.17) is 9.47 Å². The first-order chi connectivity index (χ1) is 10.1. The molecule has 2 heterocycles. The van der Waals surface area contributed by atoms with Gasteiger partial charge in [-0.25, -0.2) is 0 Å². The molecule has 0 amide bonds. The lowest BCUT2D eigenvalue weighted by Gasteiger charge is -2.23. The molecular formula is C16H18BrNO2S. The monoisotopic (exact) mass is 367 g/mol. The Hall–Kier alpha value is -1.04. The highest BCUT2D eigenvalue weighted by Crippen LogP contribution is 2.34. The summed E-state index contributed by atoms with van der Waals surface area (Å²) in [6.45, 7) is 5.61. The average molecular weight is 368 g/mol. The number of benzene rings is 1. The van der Waals surface area contributed by atoms with Crippen molar-refractivity contribution in [3.63, 3.8) is 0 Å². The van der Waals surface area contributed by atoms with E-state index < -0.39 is 0 Å². The molecule has 5 heteroatoms. The van der Waals surface area contributed by atoms with Gasteiger partial charge in [0.25, 0.3) is 0 Å². The molecule has 3 rings (SSSR count). The molecule has 0 fully saturated rings. The number of ether oxygens (including phenoxy) is 2. The van der Waals surface area contributed by atoms with Crippen LogP contribution in [0, 0.1) is 0 Å². The Balaban J connectivity index is 1.73. The molecule has 0 radical (unpaired) electrons. The molecule has 1 N–H and O–H groups in total. The Morgan fingerprint density at radius 2 is 1.86 bits per heavy atom. The van der Waals surface area contributed by atoms with E-state index in [2.05, 4.69) is 58.7 Å². The number of rotatable bonds is 4. The van der Waals surface area contributed by atoms with Crippen LogP contribution < -0.4 is 14.8 Å². The van der Waals surface area contributed by atoms with Gasteiger partial charge in [0.2, 0.25) is 0 Å².